The molecule has 3 aromatic carbocycles. The number of aryl methyl sites for hydroxylation is 2. The summed E-state index contributed by atoms with van der Waals surface area (Å²) in [5, 5.41) is 11.9. The van der Waals surface area contributed by atoms with Crippen LogP contribution in [0.4, 0.5) is 10.8 Å². The molecule has 0 aliphatic heterocycles. The first-order chi connectivity index (χ1) is 16.8. The maximum absolute atomic E-state index is 13.5. The van der Waals surface area contributed by atoms with E-state index in [1.165, 1.54) is 23.1 Å². The van der Waals surface area contributed by atoms with E-state index in [2.05, 4.69) is 15.5 Å². The van der Waals surface area contributed by atoms with E-state index in [9.17, 15) is 13.2 Å². The molecule has 1 N–H and O–H groups in total. The summed E-state index contributed by atoms with van der Waals surface area (Å²) in [6, 6.07) is 21.4. The summed E-state index contributed by atoms with van der Waals surface area (Å²) >= 11 is 2.75. The minimum atomic E-state index is -3.99. The van der Waals surface area contributed by atoms with Crippen LogP contribution in [0.5, 0.6) is 0 Å². The van der Waals surface area contributed by atoms with Gasteiger partial charge in [0.1, 0.15) is 11.6 Å². The van der Waals surface area contributed by atoms with Gasteiger partial charge in [0, 0.05) is 10.5 Å². The summed E-state index contributed by atoms with van der Waals surface area (Å²) in [6.45, 7) is 3.51. The first-order valence-corrected chi connectivity index (χ1v) is 14.2. The van der Waals surface area contributed by atoms with E-state index < -0.39 is 22.5 Å². The van der Waals surface area contributed by atoms with Crippen LogP contribution >= 0.6 is 23.1 Å². The van der Waals surface area contributed by atoms with E-state index in [-0.39, 0.29) is 4.90 Å². The number of amides is 1. The highest BCUT2D eigenvalue weighted by Crippen LogP contribution is 2.28. The molecule has 0 unspecified atom stereocenters. The van der Waals surface area contributed by atoms with Crippen molar-refractivity contribution in [1.82, 2.24) is 10.2 Å². The van der Waals surface area contributed by atoms with Gasteiger partial charge in [-0.05, 0) is 56.5 Å². The van der Waals surface area contributed by atoms with E-state index in [1.54, 1.807) is 36.4 Å². The predicted octanol–water partition coefficient (Wildman–Crippen LogP) is 5.38. The quantitative estimate of drug-likeness (QED) is 0.311. The molecule has 0 saturated heterocycles. The maximum Gasteiger partial charge on any atom is 0.264 e. The van der Waals surface area contributed by atoms with Crippen LogP contribution < -0.4 is 9.62 Å². The van der Waals surface area contributed by atoms with Crippen molar-refractivity contribution in [3.05, 3.63) is 83.9 Å². The molecule has 0 aliphatic carbocycles. The Bertz CT molecular complexity index is 1420. The zero-order valence-electron chi connectivity index (χ0n) is 19.4. The van der Waals surface area contributed by atoms with Crippen LogP contribution in [-0.2, 0) is 14.8 Å². The Kier molecular flexibility index (Phi) is 7.54. The van der Waals surface area contributed by atoms with Crippen molar-refractivity contribution < 1.29 is 13.2 Å². The Labute approximate surface area is 213 Å². The van der Waals surface area contributed by atoms with Gasteiger partial charge < -0.3 is 0 Å². The monoisotopic (exact) mass is 524 g/mol. The summed E-state index contributed by atoms with van der Waals surface area (Å²) in [5.41, 5.74) is 3.41. The summed E-state index contributed by atoms with van der Waals surface area (Å²) in [5.74, 6) is -0.513. The highest BCUT2D eigenvalue weighted by atomic mass is 32.2. The highest BCUT2D eigenvalue weighted by Gasteiger charge is 2.27. The van der Waals surface area contributed by atoms with Gasteiger partial charge in [-0.2, -0.15) is 0 Å². The average molecular weight is 525 g/mol. The molecule has 0 saturated carbocycles. The lowest BCUT2D eigenvalue weighted by molar-refractivity contribution is -0.114. The van der Waals surface area contributed by atoms with Crippen LogP contribution in [0.3, 0.4) is 0 Å². The van der Waals surface area contributed by atoms with E-state index >= 15 is 0 Å². The zero-order valence-corrected chi connectivity index (χ0v) is 21.9. The molecule has 4 aromatic rings. The second-order valence-corrected chi connectivity index (χ2v) is 11.6. The summed E-state index contributed by atoms with van der Waals surface area (Å²) in [6.07, 6.45) is 1.92. The molecule has 35 heavy (non-hydrogen) atoms. The van der Waals surface area contributed by atoms with E-state index in [1.807, 2.05) is 56.5 Å². The molecule has 7 nitrogen and oxygen atoms in total. The molecule has 0 atom stereocenters. The van der Waals surface area contributed by atoms with Crippen LogP contribution in [0.25, 0.3) is 10.6 Å². The molecule has 10 heteroatoms. The number of benzene rings is 3. The van der Waals surface area contributed by atoms with Gasteiger partial charge in [-0.25, -0.2) is 8.42 Å². The fraction of sp³-hybridized carbons (Fsp3) is 0.160. The van der Waals surface area contributed by atoms with Gasteiger partial charge in [0.2, 0.25) is 11.0 Å². The molecular formula is C25H24N4O3S3. The Morgan fingerprint density at radius 1 is 0.914 bits per heavy atom. The SMILES string of the molecule is CSc1ccc(S(=O)(=O)N(CC(=O)Nc2nnc(-c3ccc(C)cc3)s2)c2ccc(C)cc2)cc1. The average Bonchev–Trinajstić information content (AvgIpc) is 3.32. The Morgan fingerprint density at radius 2 is 1.51 bits per heavy atom. The molecule has 0 radical (unpaired) electrons. The standard InChI is InChI=1S/C25H24N4O3S3/c1-17-4-8-19(9-5-17)24-27-28-25(34-24)26-23(30)16-29(20-10-6-18(2)7-11-20)35(31,32)22-14-12-21(33-3)13-15-22/h4-15H,16H2,1-3H3,(H,26,28,30). The van der Waals surface area contributed by atoms with Gasteiger partial charge in [0.15, 0.2) is 0 Å². The first-order valence-electron chi connectivity index (χ1n) is 10.7. The van der Waals surface area contributed by atoms with Crippen molar-refractivity contribution in [3.8, 4) is 10.6 Å². The summed E-state index contributed by atoms with van der Waals surface area (Å²) < 4.78 is 28.2. The van der Waals surface area contributed by atoms with E-state index in [0.29, 0.717) is 15.8 Å². The number of nitrogens with zero attached hydrogens (tertiary/aromatic N) is 3. The van der Waals surface area contributed by atoms with Gasteiger partial charge in [-0.3, -0.25) is 14.4 Å². The number of hydrogen-bond acceptors (Lipinski definition) is 7. The van der Waals surface area contributed by atoms with Crippen LogP contribution in [0, 0.1) is 13.8 Å². The number of anilines is 2. The fourth-order valence-electron chi connectivity index (χ4n) is 3.28. The van der Waals surface area contributed by atoms with Crippen LogP contribution in [0.15, 0.2) is 82.6 Å². The molecular weight excluding hydrogens is 501 g/mol. The molecule has 0 spiro atoms. The fourth-order valence-corrected chi connectivity index (χ4v) is 5.87. The largest absolute Gasteiger partial charge is 0.299 e. The smallest absolute Gasteiger partial charge is 0.264 e. The number of hydrogen-bond donors (Lipinski definition) is 1. The van der Waals surface area contributed by atoms with E-state index in [0.717, 1.165) is 25.9 Å². The normalized spacial score (nSPS) is 11.3. The highest BCUT2D eigenvalue weighted by molar-refractivity contribution is 7.98. The maximum atomic E-state index is 13.5. The number of thioether (sulfide) groups is 1. The second kappa shape index (κ2) is 10.6. The number of carbonyl (C=O) groups excluding carboxylic acids is 1. The lowest BCUT2D eigenvalue weighted by atomic mass is 10.2. The number of sulfonamides is 1. The minimum Gasteiger partial charge on any atom is -0.299 e. The number of rotatable bonds is 8. The predicted molar refractivity (Wildman–Crippen MR) is 143 cm³/mol. The lowest BCUT2D eigenvalue weighted by Crippen LogP contribution is -2.38. The van der Waals surface area contributed by atoms with Gasteiger partial charge in [-0.1, -0.05) is 58.9 Å². The number of nitrogens with one attached hydrogen (secondary N) is 1. The van der Waals surface area contributed by atoms with Gasteiger partial charge >= 0.3 is 0 Å². The Morgan fingerprint density at radius 3 is 2.11 bits per heavy atom. The molecule has 1 heterocycles. The minimum absolute atomic E-state index is 0.112. The summed E-state index contributed by atoms with van der Waals surface area (Å²) in [7, 11) is -3.99. The van der Waals surface area contributed by atoms with Crippen molar-refractivity contribution in [1.29, 1.82) is 0 Å². The van der Waals surface area contributed by atoms with Crippen molar-refractivity contribution in [3.63, 3.8) is 0 Å². The molecule has 1 aromatic heterocycles. The van der Waals surface area contributed by atoms with Crippen molar-refractivity contribution in [2.24, 2.45) is 0 Å². The van der Waals surface area contributed by atoms with Crippen molar-refractivity contribution >= 4 is 49.8 Å². The number of carbonyl (C=O) groups is 1. The summed E-state index contributed by atoms with van der Waals surface area (Å²) in [4.78, 5) is 14.0. The van der Waals surface area contributed by atoms with Crippen LogP contribution in [-0.4, -0.2) is 37.3 Å². The first kappa shape index (κ1) is 24.9. The van der Waals surface area contributed by atoms with Crippen LogP contribution in [0.2, 0.25) is 0 Å². The molecule has 180 valence electrons. The molecule has 0 fully saturated rings. The molecule has 0 aliphatic rings. The molecule has 4 rings (SSSR count). The van der Waals surface area contributed by atoms with Crippen LogP contribution in [0.1, 0.15) is 11.1 Å². The lowest BCUT2D eigenvalue weighted by Gasteiger charge is -2.24. The zero-order chi connectivity index (χ0) is 25.0. The topological polar surface area (TPSA) is 92.3 Å². The Hall–Kier alpha value is -3.21. The molecule has 0 bridgehead atoms. The Balaban J connectivity index is 1.58. The molecule has 1 amide bonds. The van der Waals surface area contributed by atoms with Gasteiger partial charge in [0.05, 0.1) is 10.6 Å². The third kappa shape index (κ3) is 5.90. The van der Waals surface area contributed by atoms with Crippen molar-refractivity contribution in [2.75, 3.05) is 22.4 Å². The second-order valence-electron chi connectivity index (χ2n) is 7.85. The number of aromatic nitrogens is 2. The van der Waals surface area contributed by atoms with Gasteiger partial charge in [-0.15, -0.1) is 22.0 Å². The van der Waals surface area contributed by atoms with Gasteiger partial charge in [0.25, 0.3) is 10.0 Å². The van der Waals surface area contributed by atoms with Crippen molar-refractivity contribution in [2.45, 2.75) is 23.6 Å². The third-order valence-corrected chi connectivity index (χ3v) is 8.65. The van der Waals surface area contributed by atoms with E-state index in [4.69, 9.17) is 0 Å². The third-order valence-electron chi connectivity index (χ3n) is 5.23.